The van der Waals surface area contributed by atoms with Crippen LogP contribution in [0.2, 0.25) is 0 Å². The van der Waals surface area contributed by atoms with Gasteiger partial charge in [-0.3, -0.25) is 4.72 Å². The monoisotopic (exact) mass is 410 g/mol. The van der Waals surface area contributed by atoms with E-state index in [1.54, 1.807) is 12.1 Å². The molecule has 2 N–H and O–H groups in total. The van der Waals surface area contributed by atoms with Crippen molar-refractivity contribution in [1.29, 1.82) is 0 Å². The van der Waals surface area contributed by atoms with Gasteiger partial charge in [-0.05, 0) is 69.8 Å². The smallest absolute Gasteiger partial charge is 0.232 e. The molecule has 0 atom stereocenters. The van der Waals surface area contributed by atoms with E-state index in [0.717, 1.165) is 15.5 Å². The summed E-state index contributed by atoms with van der Waals surface area (Å²) in [5, 5.41) is 3.31. The molecule has 19 heavy (non-hydrogen) atoms. The number of hydrogen-bond acceptors (Lipinski definition) is 3. The number of nitrogens with one attached hydrogen (secondary N) is 2. The third kappa shape index (κ3) is 5.06. The van der Waals surface area contributed by atoms with Crippen molar-refractivity contribution >= 4 is 47.6 Å². The van der Waals surface area contributed by atoms with Gasteiger partial charge in [-0.15, -0.1) is 0 Å². The fourth-order valence-corrected chi connectivity index (χ4v) is 4.27. The molecule has 1 saturated carbocycles. The number of benzene rings is 1. The van der Waals surface area contributed by atoms with Gasteiger partial charge in [-0.1, -0.05) is 6.07 Å². The number of para-hydroxylation sites is 1. The van der Waals surface area contributed by atoms with Gasteiger partial charge in [0.2, 0.25) is 10.0 Å². The molecule has 4 nitrogen and oxygen atoms in total. The van der Waals surface area contributed by atoms with Crippen LogP contribution in [0.15, 0.2) is 27.1 Å². The van der Waals surface area contributed by atoms with Crippen LogP contribution in [0.1, 0.15) is 19.3 Å². The van der Waals surface area contributed by atoms with E-state index in [4.69, 9.17) is 0 Å². The lowest BCUT2D eigenvalue weighted by Crippen LogP contribution is -2.23. The number of rotatable bonds is 7. The van der Waals surface area contributed by atoms with Crippen molar-refractivity contribution in [3.63, 3.8) is 0 Å². The van der Waals surface area contributed by atoms with Crippen molar-refractivity contribution in [3.8, 4) is 0 Å². The van der Waals surface area contributed by atoms with E-state index in [1.165, 1.54) is 12.8 Å². The van der Waals surface area contributed by atoms with Gasteiger partial charge in [-0.25, -0.2) is 8.42 Å². The molecule has 0 radical (unpaired) electrons. The van der Waals surface area contributed by atoms with Gasteiger partial charge in [0, 0.05) is 15.0 Å². The summed E-state index contributed by atoms with van der Waals surface area (Å²) in [6, 6.07) is 6.06. The Morgan fingerprint density at radius 1 is 1.21 bits per heavy atom. The van der Waals surface area contributed by atoms with E-state index in [2.05, 4.69) is 41.9 Å². The molecule has 1 aliphatic carbocycles. The topological polar surface area (TPSA) is 58.2 Å². The molecule has 1 aliphatic rings. The van der Waals surface area contributed by atoms with Crippen molar-refractivity contribution in [1.82, 2.24) is 5.32 Å². The maximum Gasteiger partial charge on any atom is 0.232 e. The summed E-state index contributed by atoms with van der Waals surface area (Å²) in [5.74, 6) is 0.125. The Bertz CT molecular complexity index is 524. The van der Waals surface area contributed by atoms with Gasteiger partial charge in [0.25, 0.3) is 0 Å². The molecule has 1 aromatic rings. The Morgan fingerprint density at radius 3 is 2.42 bits per heavy atom. The maximum absolute atomic E-state index is 12.0. The zero-order valence-corrected chi connectivity index (χ0v) is 14.3. The SMILES string of the molecule is O=S(=O)(CCCNC1CC1)Nc1c(Br)cccc1Br. The first kappa shape index (κ1) is 15.3. The molecule has 2 rings (SSSR count). The van der Waals surface area contributed by atoms with Crippen molar-refractivity contribution in [2.45, 2.75) is 25.3 Å². The molecule has 0 amide bonds. The van der Waals surface area contributed by atoms with E-state index in [1.807, 2.05) is 6.07 Å². The molecule has 0 spiro atoms. The zero-order valence-electron chi connectivity index (χ0n) is 10.3. The summed E-state index contributed by atoms with van der Waals surface area (Å²) in [5.41, 5.74) is 0.553. The molecular weight excluding hydrogens is 396 g/mol. The van der Waals surface area contributed by atoms with E-state index >= 15 is 0 Å². The van der Waals surface area contributed by atoms with E-state index in [9.17, 15) is 8.42 Å². The molecule has 0 aromatic heterocycles. The molecule has 1 fully saturated rings. The second-order valence-electron chi connectivity index (χ2n) is 4.60. The predicted octanol–water partition coefficient (Wildman–Crippen LogP) is 3.10. The van der Waals surface area contributed by atoms with Gasteiger partial charge < -0.3 is 5.32 Å². The van der Waals surface area contributed by atoms with Crippen LogP contribution in [0.5, 0.6) is 0 Å². The van der Waals surface area contributed by atoms with Crippen LogP contribution in [-0.2, 0) is 10.0 Å². The second-order valence-corrected chi connectivity index (χ2v) is 8.15. The summed E-state index contributed by atoms with van der Waals surface area (Å²) in [6.07, 6.45) is 3.05. The van der Waals surface area contributed by atoms with Crippen molar-refractivity contribution < 1.29 is 8.42 Å². The maximum atomic E-state index is 12.0. The Balaban J connectivity index is 1.88. The first-order valence-corrected chi connectivity index (χ1v) is 9.40. The summed E-state index contributed by atoms with van der Waals surface area (Å²) in [4.78, 5) is 0. The minimum Gasteiger partial charge on any atom is -0.314 e. The highest BCUT2D eigenvalue weighted by Gasteiger charge is 2.20. The highest BCUT2D eigenvalue weighted by atomic mass is 79.9. The van der Waals surface area contributed by atoms with Crippen LogP contribution in [-0.4, -0.2) is 26.8 Å². The largest absolute Gasteiger partial charge is 0.314 e. The third-order valence-electron chi connectivity index (χ3n) is 2.82. The average Bonchev–Trinajstić information content (AvgIpc) is 3.14. The van der Waals surface area contributed by atoms with Crippen LogP contribution in [0.4, 0.5) is 5.69 Å². The molecular formula is C12H16Br2N2O2S. The fraction of sp³-hybridized carbons (Fsp3) is 0.500. The van der Waals surface area contributed by atoms with E-state index < -0.39 is 10.0 Å². The Kier molecular flexibility index (Phi) is 5.28. The molecule has 0 heterocycles. The van der Waals surface area contributed by atoms with Crippen molar-refractivity contribution in [2.24, 2.45) is 0 Å². The van der Waals surface area contributed by atoms with Gasteiger partial charge in [0.05, 0.1) is 11.4 Å². The molecule has 0 saturated heterocycles. The highest BCUT2D eigenvalue weighted by molar-refractivity contribution is 9.11. The van der Waals surface area contributed by atoms with Crippen molar-refractivity contribution in [2.75, 3.05) is 17.0 Å². The zero-order chi connectivity index (χ0) is 13.9. The van der Waals surface area contributed by atoms with E-state index in [-0.39, 0.29) is 5.75 Å². The van der Waals surface area contributed by atoms with Gasteiger partial charge in [0.1, 0.15) is 0 Å². The molecule has 7 heteroatoms. The molecule has 0 bridgehead atoms. The standard InChI is InChI=1S/C12H16Br2N2O2S/c13-10-3-1-4-11(14)12(10)16-19(17,18)8-2-7-15-9-5-6-9/h1,3-4,9,15-16H,2,5-8H2. The van der Waals surface area contributed by atoms with Crippen molar-refractivity contribution in [3.05, 3.63) is 27.1 Å². The minimum atomic E-state index is -3.31. The van der Waals surface area contributed by atoms with Crippen LogP contribution >= 0.6 is 31.9 Å². The lowest BCUT2D eigenvalue weighted by molar-refractivity contribution is 0.593. The Morgan fingerprint density at radius 2 is 1.84 bits per heavy atom. The van der Waals surface area contributed by atoms with E-state index in [0.29, 0.717) is 18.2 Å². The van der Waals surface area contributed by atoms with Gasteiger partial charge >= 0.3 is 0 Å². The Hall–Kier alpha value is -0.110. The normalized spacial score (nSPS) is 15.5. The highest BCUT2D eigenvalue weighted by Crippen LogP contribution is 2.31. The summed E-state index contributed by atoms with van der Waals surface area (Å²) in [6.45, 7) is 0.753. The second kappa shape index (κ2) is 6.56. The van der Waals surface area contributed by atoms with Gasteiger partial charge in [0.15, 0.2) is 0 Å². The van der Waals surface area contributed by atoms with Crippen LogP contribution in [0, 0.1) is 0 Å². The lowest BCUT2D eigenvalue weighted by Gasteiger charge is -2.11. The summed E-state index contributed by atoms with van der Waals surface area (Å²) in [7, 11) is -3.31. The number of hydrogen-bond donors (Lipinski definition) is 2. The molecule has 0 aliphatic heterocycles. The molecule has 106 valence electrons. The quantitative estimate of drug-likeness (QED) is 0.677. The predicted molar refractivity (Wildman–Crippen MR) is 84.9 cm³/mol. The fourth-order valence-electron chi connectivity index (χ4n) is 1.66. The molecule has 0 unspecified atom stereocenters. The number of halogens is 2. The first-order valence-electron chi connectivity index (χ1n) is 6.16. The summed E-state index contributed by atoms with van der Waals surface area (Å²) >= 11 is 6.68. The van der Waals surface area contributed by atoms with Crippen LogP contribution < -0.4 is 10.0 Å². The third-order valence-corrected chi connectivity index (χ3v) is 5.48. The van der Waals surface area contributed by atoms with Crippen LogP contribution in [0.25, 0.3) is 0 Å². The lowest BCUT2D eigenvalue weighted by atomic mass is 10.3. The Labute approximate surface area is 130 Å². The number of sulfonamides is 1. The molecule has 1 aromatic carbocycles. The summed E-state index contributed by atoms with van der Waals surface area (Å²) < 4.78 is 28.0. The van der Waals surface area contributed by atoms with Gasteiger partial charge in [-0.2, -0.15) is 0 Å². The first-order chi connectivity index (χ1) is 8.98. The average molecular weight is 412 g/mol. The minimum absolute atomic E-state index is 0.125. The number of anilines is 1. The van der Waals surface area contributed by atoms with Crippen LogP contribution in [0.3, 0.4) is 0 Å².